The number of nitrogens with one attached hydrogen (secondary N) is 1. The second-order valence-corrected chi connectivity index (χ2v) is 9.35. The third kappa shape index (κ3) is 3.96. The topological polar surface area (TPSA) is 62.8 Å². The van der Waals surface area contributed by atoms with Crippen LogP contribution in [0.1, 0.15) is 13.3 Å². The molecule has 1 spiro atoms. The molecule has 0 bridgehead atoms. The Morgan fingerprint density at radius 2 is 2.15 bits per heavy atom. The monoisotopic (exact) mass is 471 g/mol. The van der Waals surface area contributed by atoms with Gasteiger partial charge in [-0.3, -0.25) is 0 Å². The van der Waals surface area contributed by atoms with E-state index in [2.05, 4.69) is 39.1 Å². The van der Waals surface area contributed by atoms with Crippen LogP contribution in [-0.4, -0.2) is 61.0 Å². The van der Waals surface area contributed by atoms with E-state index in [0.717, 1.165) is 37.1 Å². The van der Waals surface area contributed by atoms with E-state index in [9.17, 15) is 4.39 Å². The Balaban J connectivity index is 1.52. The van der Waals surface area contributed by atoms with Crippen LogP contribution in [-0.2, 0) is 4.74 Å². The summed E-state index contributed by atoms with van der Waals surface area (Å²) in [6.45, 7) is 5.54. The van der Waals surface area contributed by atoms with Gasteiger partial charge in [0.25, 0.3) is 0 Å². The van der Waals surface area contributed by atoms with Crippen molar-refractivity contribution in [3.05, 3.63) is 47.5 Å². The zero-order chi connectivity index (χ0) is 23.2. The predicted octanol–water partition coefficient (Wildman–Crippen LogP) is 4.68. The van der Waals surface area contributed by atoms with Crippen molar-refractivity contribution in [2.45, 2.75) is 18.9 Å². The van der Waals surface area contributed by atoms with Gasteiger partial charge < -0.3 is 24.6 Å². The zero-order valence-corrected chi connectivity index (χ0v) is 19.7. The third-order valence-electron chi connectivity index (χ3n) is 6.85. The Morgan fingerprint density at radius 3 is 2.94 bits per heavy atom. The highest BCUT2D eigenvalue weighted by Gasteiger charge is 2.46. The SMILES string of the molecule is COc1cc2ncnc(Nc3cccc(Cl)c3F)c2cc1N1COC2(CCN(C)CC2C)C1. The molecule has 174 valence electrons. The molecule has 0 radical (unpaired) electrons. The number of hydrogen-bond acceptors (Lipinski definition) is 7. The number of likely N-dealkylation sites (tertiary alicyclic amines) is 1. The van der Waals surface area contributed by atoms with Crippen molar-refractivity contribution >= 4 is 39.7 Å². The summed E-state index contributed by atoms with van der Waals surface area (Å²) in [7, 11) is 3.80. The Hall–Kier alpha value is -2.68. The lowest BCUT2D eigenvalue weighted by molar-refractivity contribution is -0.0703. The molecule has 0 saturated carbocycles. The summed E-state index contributed by atoms with van der Waals surface area (Å²) >= 11 is 5.95. The minimum absolute atomic E-state index is 0.0486. The Kier molecular flexibility index (Phi) is 5.76. The molecular weight excluding hydrogens is 445 g/mol. The molecule has 2 aliphatic rings. The summed E-state index contributed by atoms with van der Waals surface area (Å²) in [4.78, 5) is 13.3. The number of methoxy groups -OCH3 is 1. The smallest absolute Gasteiger partial charge is 0.165 e. The van der Waals surface area contributed by atoms with Crippen molar-refractivity contribution in [2.24, 2.45) is 5.92 Å². The van der Waals surface area contributed by atoms with Gasteiger partial charge in [0.1, 0.15) is 24.6 Å². The number of benzene rings is 2. The summed E-state index contributed by atoms with van der Waals surface area (Å²) in [5.41, 5.74) is 1.67. The van der Waals surface area contributed by atoms with Crippen molar-refractivity contribution in [3.63, 3.8) is 0 Å². The molecule has 3 heterocycles. The van der Waals surface area contributed by atoms with Crippen molar-refractivity contribution < 1.29 is 13.9 Å². The maximum Gasteiger partial charge on any atom is 0.165 e. The third-order valence-corrected chi connectivity index (χ3v) is 7.14. The van der Waals surface area contributed by atoms with Crippen LogP contribution >= 0.6 is 11.6 Å². The summed E-state index contributed by atoms with van der Waals surface area (Å²) in [6.07, 6.45) is 2.43. The summed E-state index contributed by atoms with van der Waals surface area (Å²) < 4.78 is 26.6. The van der Waals surface area contributed by atoms with Gasteiger partial charge in [0, 0.05) is 31.1 Å². The van der Waals surface area contributed by atoms with Gasteiger partial charge >= 0.3 is 0 Å². The van der Waals surface area contributed by atoms with Crippen LogP contribution in [0.5, 0.6) is 5.75 Å². The summed E-state index contributed by atoms with van der Waals surface area (Å²) in [5, 5.41) is 3.88. The van der Waals surface area contributed by atoms with Gasteiger partial charge in [0.2, 0.25) is 0 Å². The molecule has 3 aromatic rings. The van der Waals surface area contributed by atoms with Crippen molar-refractivity contribution in [1.82, 2.24) is 14.9 Å². The van der Waals surface area contributed by atoms with Crippen LogP contribution in [0.4, 0.5) is 21.6 Å². The molecule has 7 nitrogen and oxygen atoms in total. The van der Waals surface area contributed by atoms with Crippen molar-refractivity contribution in [1.29, 1.82) is 0 Å². The molecule has 2 unspecified atom stereocenters. The number of ether oxygens (including phenoxy) is 2. The van der Waals surface area contributed by atoms with E-state index in [1.807, 2.05) is 12.1 Å². The number of halogens is 2. The largest absolute Gasteiger partial charge is 0.495 e. The summed E-state index contributed by atoms with van der Waals surface area (Å²) in [5.74, 6) is 1.10. The maximum atomic E-state index is 14.5. The fourth-order valence-corrected chi connectivity index (χ4v) is 5.06. The van der Waals surface area contributed by atoms with E-state index in [4.69, 9.17) is 21.1 Å². The molecule has 2 fully saturated rings. The second kappa shape index (κ2) is 8.59. The zero-order valence-electron chi connectivity index (χ0n) is 18.9. The Labute approximate surface area is 197 Å². The molecule has 5 rings (SSSR count). The van der Waals surface area contributed by atoms with Gasteiger partial charge in [-0.1, -0.05) is 24.6 Å². The molecule has 1 N–H and O–H groups in total. The van der Waals surface area contributed by atoms with E-state index in [-0.39, 0.29) is 16.3 Å². The predicted molar refractivity (Wildman–Crippen MR) is 128 cm³/mol. The standard InChI is InChI=1S/C24H27ClFN5O2/c1-15-11-30(2)8-7-24(15)12-31(14-33-24)20-9-16-19(10-21(20)32-3)27-13-28-23(16)29-18-6-4-5-17(25)22(18)26/h4-6,9-10,13,15H,7-8,11-12,14H2,1-3H3,(H,27,28,29). The highest BCUT2D eigenvalue weighted by atomic mass is 35.5. The van der Waals surface area contributed by atoms with E-state index in [0.29, 0.717) is 29.7 Å². The quantitative estimate of drug-likeness (QED) is 0.592. The van der Waals surface area contributed by atoms with Crippen LogP contribution in [0.25, 0.3) is 10.9 Å². The lowest BCUT2D eigenvalue weighted by Gasteiger charge is -2.42. The first-order chi connectivity index (χ1) is 15.9. The fourth-order valence-electron chi connectivity index (χ4n) is 4.89. The molecule has 1 aromatic heterocycles. The van der Waals surface area contributed by atoms with Crippen molar-refractivity contribution in [2.75, 3.05) is 50.7 Å². The number of rotatable bonds is 4. The van der Waals surface area contributed by atoms with E-state index >= 15 is 0 Å². The second-order valence-electron chi connectivity index (χ2n) is 8.94. The number of fused-ring (bicyclic) bond motifs is 1. The first-order valence-corrected chi connectivity index (χ1v) is 11.4. The van der Waals surface area contributed by atoms with Gasteiger partial charge in [0.15, 0.2) is 5.82 Å². The minimum atomic E-state index is -0.522. The minimum Gasteiger partial charge on any atom is -0.495 e. The first kappa shape index (κ1) is 22.1. The molecule has 0 aliphatic carbocycles. The normalized spacial score (nSPS) is 23.4. The molecule has 2 aromatic carbocycles. The fraction of sp³-hybridized carbons (Fsp3) is 0.417. The molecule has 0 amide bonds. The van der Waals surface area contributed by atoms with Gasteiger partial charge in [-0.05, 0) is 37.6 Å². The average molecular weight is 472 g/mol. The number of piperidine rings is 1. The Bertz CT molecular complexity index is 1190. The van der Waals surface area contributed by atoms with Crippen LogP contribution in [0.15, 0.2) is 36.7 Å². The lowest BCUT2D eigenvalue weighted by atomic mass is 9.82. The van der Waals surface area contributed by atoms with Gasteiger partial charge in [-0.15, -0.1) is 0 Å². The van der Waals surface area contributed by atoms with Crippen LogP contribution in [0.3, 0.4) is 0 Å². The average Bonchev–Trinajstić information content (AvgIpc) is 3.24. The van der Waals surface area contributed by atoms with Crippen LogP contribution < -0.4 is 15.0 Å². The van der Waals surface area contributed by atoms with E-state index in [1.165, 1.54) is 12.4 Å². The number of nitrogens with zero attached hydrogens (tertiary/aromatic N) is 4. The first-order valence-electron chi connectivity index (χ1n) is 11.0. The van der Waals surface area contributed by atoms with Crippen LogP contribution in [0, 0.1) is 11.7 Å². The highest BCUT2D eigenvalue weighted by molar-refractivity contribution is 6.31. The molecule has 2 atom stereocenters. The molecule has 2 aliphatic heterocycles. The van der Waals surface area contributed by atoms with E-state index in [1.54, 1.807) is 19.2 Å². The molecule has 33 heavy (non-hydrogen) atoms. The number of anilines is 3. The maximum absolute atomic E-state index is 14.5. The number of hydrogen-bond donors (Lipinski definition) is 1. The van der Waals surface area contributed by atoms with Crippen LogP contribution in [0.2, 0.25) is 5.02 Å². The lowest BCUT2D eigenvalue weighted by Crippen LogP contribution is -2.52. The summed E-state index contributed by atoms with van der Waals surface area (Å²) in [6, 6.07) is 8.70. The molecule has 2 saturated heterocycles. The van der Waals surface area contributed by atoms with E-state index < -0.39 is 5.82 Å². The highest BCUT2D eigenvalue weighted by Crippen LogP contribution is 2.42. The van der Waals surface area contributed by atoms with Crippen molar-refractivity contribution in [3.8, 4) is 5.75 Å². The molecular formula is C24H27ClFN5O2. The van der Waals surface area contributed by atoms with Gasteiger partial charge in [-0.2, -0.15) is 0 Å². The Morgan fingerprint density at radius 1 is 1.30 bits per heavy atom. The van der Waals surface area contributed by atoms with Gasteiger partial charge in [0.05, 0.1) is 34.6 Å². The molecule has 9 heteroatoms. The van der Waals surface area contributed by atoms with Gasteiger partial charge in [-0.25, -0.2) is 14.4 Å². The number of aromatic nitrogens is 2.